The van der Waals surface area contributed by atoms with Crippen LogP contribution in [0, 0.1) is 11.8 Å². The zero-order chi connectivity index (χ0) is 13.0. The lowest BCUT2D eigenvalue weighted by atomic mass is 9.79. The van der Waals surface area contributed by atoms with Crippen molar-refractivity contribution >= 4 is 5.91 Å². The average molecular weight is 242 g/mol. The Hall–Kier alpha value is -0.610. The predicted octanol–water partition coefficient (Wildman–Crippen LogP) is 0.979. The molecule has 1 fully saturated rings. The lowest BCUT2D eigenvalue weighted by molar-refractivity contribution is -0.136. The van der Waals surface area contributed by atoms with Gasteiger partial charge >= 0.3 is 0 Å². The molecule has 0 saturated heterocycles. The lowest BCUT2D eigenvalue weighted by Gasteiger charge is -2.33. The summed E-state index contributed by atoms with van der Waals surface area (Å²) in [5, 5.41) is 9.22. The summed E-state index contributed by atoms with van der Waals surface area (Å²) in [6, 6.07) is 0.165. The van der Waals surface area contributed by atoms with Gasteiger partial charge in [0.25, 0.3) is 0 Å². The molecular formula is C13H26N2O2. The summed E-state index contributed by atoms with van der Waals surface area (Å²) in [6.45, 7) is 4.53. The topological polar surface area (TPSA) is 66.6 Å². The molecule has 1 aliphatic carbocycles. The Morgan fingerprint density at radius 3 is 2.65 bits per heavy atom. The number of carbonyl (C=O) groups is 1. The molecule has 0 aromatic heterocycles. The van der Waals surface area contributed by atoms with Crippen LogP contribution < -0.4 is 5.73 Å². The molecule has 0 aromatic rings. The SMILES string of the molecule is CC(O)CCN(C)C(=O)C1CC(C)CC(N)C1. The van der Waals surface area contributed by atoms with Gasteiger partial charge in [-0.05, 0) is 38.5 Å². The highest BCUT2D eigenvalue weighted by Crippen LogP contribution is 2.29. The third-order valence-electron chi connectivity index (χ3n) is 3.59. The van der Waals surface area contributed by atoms with Gasteiger partial charge in [-0.15, -0.1) is 0 Å². The normalized spacial score (nSPS) is 31.0. The van der Waals surface area contributed by atoms with Gasteiger partial charge in [0.1, 0.15) is 0 Å². The quantitative estimate of drug-likeness (QED) is 0.772. The first-order chi connectivity index (χ1) is 7.90. The Morgan fingerprint density at radius 2 is 2.12 bits per heavy atom. The number of aliphatic hydroxyl groups excluding tert-OH is 1. The maximum absolute atomic E-state index is 12.2. The highest BCUT2D eigenvalue weighted by Gasteiger charge is 2.30. The van der Waals surface area contributed by atoms with Crippen LogP contribution in [0.15, 0.2) is 0 Å². The maximum atomic E-state index is 12.2. The van der Waals surface area contributed by atoms with E-state index in [0.717, 1.165) is 19.3 Å². The second-order valence-electron chi connectivity index (χ2n) is 5.67. The molecular weight excluding hydrogens is 216 g/mol. The number of nitrogens with zero attached hydrogens (tertiary/aromatic N) is 1. The Balaban J connectivity index is 2.45. The smallest absolute Gasteiger partial charge is 0.225 e. The second-order valence-corrected chi connectivity index (χ2v) is 5.67. The van der Waals surface area contributed by atoms with Gasteiger partial charge in [-0.25, -0.2) is 0 Å². The van der Waals surface area contributed by atoms with E-state index in [1.807, 2.05) is 7.05 Å². The van der Waals surface area contributed by atoms with Crippen LogP contribution >= 0.6 is 0 Å². The molecule has 4 atom stereocenters. The largest absolute Gasteiger partial charge is 0.393 e. The van der Waals surface area contributed by atoms with Crippen LogP contribution in [0.25, 0.3) is 0 Å². The zero-order valence-electron chi connectivity index (χ0n) is 11.2. The number of carbonyl (C=O) groups excluding carboxylic acids is 1. The Kier molecular flexibility index (Phi) is 5.40. The van der Waals surface area contributed by atoms with E-state index in [4.69, 9.17) is 5.73 Å². The van der Waals surface area contributed by atoms with Gasteiger partial charge in [-0.1, -0.05) is 6.92 Å². The molecule has 1 rings (SSSR count). The van der Waals surface area contributed by atoms with Gasteiger partial charge in [0.05, 0.1) is 6.10 Å². The van der Waals surface area contributed by atoms with E-state index in [0.29, 0.717) is 18.9 Å². The van der Waals surface area contributed by atoms with E-state index in [2.05, 4.69) is 6.92 Å². The van der Waals surface area contributed by atoms with Gasteiger partial charge < -0.3 is 15.7 Å². The van der Waals surface area contributed by atoms with Gasteiger partial charge in [0.15, 0.2) is 0 Å². The second kappa shape index (κ2) is 6.36. The van der Waals surface area contributed by atoms with Crippen LogP contribution in [-0.2, 0) is 4.79 Å². The van der Waals surface area contributed by atoms with E-state index in [1.165, 1.54) is 0 Å². The average Bonchev–Trinajstić information content (AvgIpc) is 2.23. The summed E-state index contributed by atoms with van der Waals surface area (Å²) < 4.78 is 0. The summed E-state index contributed by atoms with van der Waals surface area (Å²) in [5.41, 5.74) is 5.96. The fraction of sp³-hybridized carbons (Fsp3) is 0.923. The van der Waals surface area contributed by atoms with E-state index >= 15 is 0 Å². The third-order valence-corrected chi connectivity index (χ3v) is 3.59. The molecule has 0 bridgehead atoms. The zero-order valence-corrected chi connectivity index (χ0v) is 11.2. The summed E-state index contributed by atoms with van der Waals surface area (Å²) in [5.74, 6) is 0.804. The molecule has 1 aliphatic rings. The maximum Gasteiger partial charge on any atom is 0.225 e. The van der Waals surface area contributed by atoms with E-state index in [-0.39, 0.29) is 24.0 Å². The Bertz CT molecular complexity index is 246. The van der Waals surface area contributed by atoms with E-state index < -0.39 is 0 Å². The highest BCUT2D eigenvalue weighted by atomic mass is 16.3. The standard InChI is InChI=1S/C13H26N2O2/c1-9-6-11(8-12(14)7-9)13(17)15(3)5-4-10(2)16/h9-12,16H,4-8,14H2,1-3H3. The van der Waals surface area contributed by atoms with Crippen LogP contribution in [0.5, 0.6) is 0 Å². The molecule has 0 heterocycles. The van der Waals surface area contributed by atoms with E-state index in [1.54, 1.807) is 11.8 Å². The van der Waals surface area contributed by atoms with Crippen molar-refractivity contribution in [2.75, 3.05) is 13.6 Å². The number of hydrogen-bond donors (Lipinski definition) is 2. The van der Waals surface area contributed by atoms with Crippen molar-refractivity contribution in [3.8, 4) is 0 Å². The molecule has 4 unspecified atom stereocenters. The number of amides is 1. The fourth-order valence-corrected chi connectivity index (χ4v) is 2.66. The molecule has 4 nitrogen and oxygen atoms in total. The molecule has 3 N–H and O–H groups in total. The lowest BCUT2D eigenvalue weighted by Crippen LogP contribution is -2.41. The fourth-order valence-electron chi connectivity index (χ4n) is 2.66. The minimum absolute atomic E-state index is 0.0766. The van der Waals surface area contributed by atoms with Crippen LogP contribution in [0.2, 0.25) is 0 Å². The summed E-state index contributed by atoms with van der Waals surface area (Å²) >= 11 is 0. The van der Waals surface area contributed by atoms with Crippen LogP contribution in [0.1, 0.15) is 39.5 Å². The van der Waals surface area contributed by atoms with Crippen molar-refractivity contribution < 1.29 is 9.90 Å². The Morgan fingerprint density at radius 1 is 1.47 bits per heavy atom. The van der Waals surface area contributed by atoms with Crippen molar-refractivity contribution in [2.45, 2.75) is 51.7 Å². The van der Waals surface area contributed by atoms with Crippen molar-refractivity contribution in [2.24, 2.45) is 17.6 Å². The molecule has 1 saturated carbocycles. The molecule has 0 spiro atoms. The van der Waals surface area contributed by atoms with Gasteiger partial charge in [-0.3, -0.25) is 4.79 Å². The summed E-state index contributed by atoms with van der Waals surface area (Å²) in [4.78, 5) is 13.9. The number of hydrogen-bond acceptors (Lipinski definition) is 3. The van der Waals surface area contributed by atoms with Crippen molar-refractivity contribution in [1.82, 2.24) is 4.90 Å². The molecule has 4 heteroatoms. The van der Waals surface area contributed by atoms with Gasteiger partial charge in [-0.2, -0.15) is 0 Å². The predicted molar refractivity (Wildman–Crippen MR) is 68.4 cm³/mol. The first kappa shape index (κ1) is 14.5. The van der Waals surface area contributed by atoms with Crippen molar-refractivity contribution in [1.29, 1.82) is 0 Å². The molecule has 1 amide bonds. The van der Waals surface area contributed by atoms with Crippen LogP contribution in [0.4, 0.5) is 0 Å². The summed E-state index contributed by atoms with van der Waals surface area (Å²) in [7, 11) is 1.81. The van der Waals surface area contributed by atoms with Gasteiger partial charge in [0.2, 0.25) is 5.91 Å². The first-order valence-electron chi connectivity index (χ1n) is 6.58. The number of nitrogens with two attached hydrogens (primary N) is 1. The molecule has 0 aliphatic heterocycles. The van der Waals surface area contributed by atoms with Gasteiger partial charge in [0, 0.05) is 25.6 Å². The minimum atomic E-state index is -0.349. The number of rotatable bonds is 4. The van der Waals surface area contributed by atoms with Crippen LogP contribution in [-0.4, -0.2) is 41.7 Å². The van der Waals surface area contributed by atoms with Crippen LogP contribution in [0.3, 0.4) is 0 Å². The molecule has 17 heavy (non-hydrogen) atoms. The monoisotopic (exact) mass is 242 g/mol. The van der Waals surface area contributed by atoms with Crippen molar-refractivity contribution in [3.63, 3.8) is 0 Å². The third kappa shape index (κ3) is 4.64. The van der Waals surface area contributed by atoms with E-state index in [9.17, 15) is 9.90 Å². The summed E-state index contributed by atoms with van der Waals surface area (Å²) in [6.07, 6.45) is 3.07. The van der Waals surface area contributed by atoms with Crippen molar-refractivity contribution in [3.05, 3.63) is 0 Å². The first-order valence-corrected chi connectivity index (χ1v) is 6.58. The highest BCUT2D eigenvalue weighted by molar-refractivity contribution is 5.78. The molecule has 100 valence electrons. The number of aliphatic hydroxyl groups is 1. The molecule has 0 radical (unpaired) electrons. The molecule has 0 aromatic carbocycles. The minimum Gasteiger partial charge on any atom is -0.393 e. The Labute approximate surface area is 104 Å².